The molecular weight excluding hydrogens is 198 g/mol. The van der Waals surface area contributed by atoms with Gasteiger partial charge in [-0.15, -0.1) is 0 Å². The van der Waals surface area contributed by atoms with Crippen LogP contribution in [0.3, 0.4) is 0 Å². The van der Waals surface area contributed by atoms with Gasteiger partial charge < -0.3 is 5.32 Å². The lowest BCUT2D eigenvalue weighted by atomic mass is 10.0. The van der Waals surface area contributed by atoms with Crippen molar-refractivity contribution in [2.45, 2.75) is 13.0 Å². The maximum absolute atomic E-state index is 4.44. The van der Waals surface area contributed by atoms with Gasteiger partial charge in [0, 0.05) is 13.2 Å². The number of nitrogens with one attached hydrogen (secondary N) is 1. The molecule has 0 spiro atoms. The molecule has 0 aliphatic rings. The minimum Gasteiger partial charge on any atom is -0.308 e. The number of benzene rings is 1. The van der Waals surface area contributed by atoms with Crippen LogP contribution >= 0.6 is 0 Å². The smallest absolute Gasteiger partial charge is 0.0839 e. The summed E-state index contributed by atoms with van der Waals surface area (Å²) in [7, 11) is 3.90. The molecule has 2 rings (SSSR count). The Balaban J connectivity index is 2.36. The largest absolute Gasteiger partial charge is 0.308 e. The SMILES string of the molecule is CNC(c1cccc(C)c1)c1ccn(C)n1. The third-order valence-corrected chi connectivity index (χ3v) is 2.69. The molecule has 1 unspecified atom stereocenters. The third kappa shape index (κ3) is 2.14. The molecule has 0 saturated heterocycles. The fraction of sp³-hybridized carbons (Fsp3) is 0.308. The molecule has 16 heavy (non-hydrogen) atoms. The molecule has 84 valence electrons. The molecular formula is C13H17N3. The molecule has 1 aromatic carbocycles. The highest BCUT2D eigenvalue weighted by Crippen LogP contribution is 2.20. The van der Waals surface area contributed by atoms with Gasteiger partial charge in [0.1, 0.15) is 0 Å². The van der Waals surface area contributed by atoms with Crippen LogP contribution in [-0.4, -0.2) is 16.8 Å². The average molecular weight is 215 g/mol. The van der Waals surface area contributed by atoms with Crippen molar-refractivity contribution in [3.8, 4) is 0 Å². The summed E-state index contributed by atoms with van der Waals surface area (Å²) in [5, 5.41) is 7.74. The van der Waals surface area contributed by atoms with Crippen LogP contribution in [-0.2, 0) is 7.05 Å². The van der Waals surface area contributed by atoms with Gasteiger partial charge in [0.2, 0.25) is 0 Å². The normalized spacial score (nSPS) is 12.7. The van der Waals surface area contributed by atoms with E-state index in [-0.39, 0.29) is 6.04 Å². The Morgan fingerprint density at radius 2 is 2.12 bits per heavy atom. The van der Waals surface area contributed by atoms with Gasteiger partial charge in [-0.1, -0.05) is 29.8 Å². The van der Waals surface area contributed by atoms with Gasteiger partial charge in [0.15, 0.2) is 0 Å². The Morgan fingerprint density at radius 1 is 1.31 bits per heavy atom. The van der Waals surface area contributed by atoms with Crippen molar-refractivity contribution < 1.29 is 0 Å². The highest BCUT2D eigenvalue weighted by molar-refractivity contribution is 5.30. The number of rotatable bonds is 3. The van der Waals surface area contributed by atoms with Gasteiger partial charge in [0.25, 0.3) is 0 Å². The summed E-state index contributed by atoms with van der Waals surface area (Å²) in [5.74, 6) is 0. The molecule has 0 aliphatic carbocycles. The van der Waals surface area contributed by atoms with E-state index >= 15 is 0 Å². The van der Waals surface area contributed by atoms with Gasteiger partial charge in [-0.3, -0.25) is 4.68 Å². The lowest BCUT2D eigenvalue weighted by Gasteiger charge is -2.14. The van der Waals surface area contributed by atoms with E-state index in [9.17, 15) is 0 Å². The Bertz CT molecular complexity index is 474. The van der Waals surface area contributed by atoms with E-state index in [1.165, 1.54) is 11.1 Å². The van der Waals surface area contributed by atoms with E-state index in [4.69, 9.17) is 0 Å². The minimum atomic E-state index is 0.168. The molecule has 0 fully saturated rings. The van der Waals surface area contributed by atoms with Crippen LogP contribution in [0.25, 0.3) is 0 Å². The molecule has 1 N–H and O–H groups in total. The van der Waals surface area contributed by atoms with E-state index in [0.29, 0.717) is 0 Å². The molecule has 0 aliphatic heterocycles. The molecule has 0 amide bonds. The zero-order valence-corrected chi connectivity index (χ0v) is 9.94. The third-order valence-electron chi connectivity index (χ3n) is 2.69. The molecule has 2 aromatic rings. The van der Waals surface area contributed by atoms with Gasteiger partial charge in [-0.05, 0) is 25.6 Å². The Labute approximate surface area is 96.1 Å². The van der Waals surface area contributed by atoms with Crippen LogP contribution in [0, 0.1) is 6.92 Å². The second kappa shape index (κ2) is 4.49. The second-order valence-corrected chi connectivity index (χ2v) is 4.05. The first kappa shape index (κ1) is 10.9. The predicted molar refractivity (Wildman–Crippen MR) is 65.3 cm³/mol. The highest BCUT2D eigenvalue weighted by Gasteiger charge is 2.14. The van der Waals surface area contributed by atoms with Crippen LogP contribution in [0.15, 0.2) is 36.5 Å². The monoisotopic (exact) mass is 215 g/mol. The van der Waals surface area contributed by atoms with Crippen molar-refractivity contribution in [1.29, 1.82) is 0 Å². The number of aromatic nitrogens is 2. The topological polar surface area (TPSA) is 29.9 Å². The van der Waals surface area contributed by atoms with Crippen LogP contribution in [0.4, 0.5) is 0 Å². The number of hydrogen-bond donors (Lipinski definition) is 1. The zero-order chi connectivity index (χ0) is 11.5. The van der Waals surface area contributed by atoms with Crippen molar-refractivity contribution >= 4 is 0 Å². The molecule has 1 heterocycles. The van der Waals surface area contributed by atoms with E-state index < -0.39 is 0 Å². The summed E-state index contributed by atoms with van der Waals surface area (Å²) in [4.78, 5) is 0. The fourth-order valence-electron chi connectivity index (χ4n) is 1.92. The van der Waals surface area contributed by atoms with Crippen LogP contribution in [0.5, 0.6) is 0 Å². The summed E-state index contributed by atoms with van der Waals surface area (Å²) in [6.07, 6.45) is 1.97. The van der Waals surface area contributed by atoms with Gasteiger partial charge in [-0.2, -0.15) is 5.10 Å². The summed E-state index contributed by atoms with van der Waals surface area (Å²) in [6, 6.07) is 10.7. The summed E-state index contributed by atoms with van der Waals surface area (Å²) in [5.41, 5.74) is 3.57. The lowest BCUT2D eigenvalue weighted by molar-refractivity contribution is 0.642. The first-order chi connectivity index (χ1) is 7.70. The summed E-state index contributed by atoms with van der Waals surface area (Å²) in [6.45, 7) is 2.11. The number of aryl methyl sites for hydroxylation is 2. The Morgan fingerprint density at radius 3 is 2.69 bits per heavy atom. The first-order valence-electron chi connectivity index (χ1n) is 5.44. The molecule has 0 bridgehead atoms. The molecule has 3 heteroatoms. The lowest BCUT2D eigenvalue weighted by Crippen LogP contribution is -2.18. The molecule has 1 aromatic heterocycles. The Kier molecular flexibility index (Phi) is 3.06. The highest BCUT2D eigenvalue weighted by atomic mass is 15.3. The average Bonchev–Trinajstić information content (AvgIpc) is 2.66. The van der Waals surface area contributed by atoms with Crippen molar-refractivity contribution in [1.82, 2.24) is 15.1 Å². The van der Waals surface area contributed by atoms with Crippen molar-refractivity contribution in [3.63, 3.8) is 0 Å². The zero-order valence-electron chi connectivity index (χ0n) is 9.94. The second-order valence-electron chi connectivity index (χ2n) is 4.05. The summed E-state index contributed by atoms with van der Waals surface area (Å²) < 4.78 is 1.83. The molecule has 3 nitrogen and oxygen atoms in total. The van der Waals surface area contributed by atoms with E-state index in [0.717, 1.165) is 5.69 Å². The van der Waals surface area contributed by atoms with Crippen molar-refractivity contribution in [3.05, 3.63) is 53.3 Å². The standard InChI is InChI=1S/C13H17N3/c1-10-5-4-6-11(9-10)13(14-2)12-7-8-16(3)15-12/h4-9,13-14H,1-3H3. The maximum atomic E-state index is 4.44. The fourth-order valence-corrected chi connectivity index (χ4v) is 1.92. The minimum absolute atomic E-state index is 0.168. The Hall–Kier alpha value is -1.61. The van der Waals surface area contributed by atoms with Gasteiger partial charge >= 0.3 is 0 Å². The quantitative estimate of drug-likeness (QED) is 0.849. The van der Waals surface area contributed by atoms with Gasteiger partial charge in [0.05, 0.1) is 11.7 Å². The van der Waals surface area contributed by atoms with E-state index in [1.54, 1.807) is 0 Å². The van der Waals surface area contributed by atoms with Crippen molar-refractivity contribution in [2.24, 2.45) is 7.05 Å². The molecule has 0 radical (unpaired) electrons. The maximum Gasteiger partial charge on any atom is 0.0839 e. The van der Waals surface area contributed by atoms with Gasteiger partial charge in [-0.25, -0.2) is 0 Å². The summed E-state index contributed by atoms with van der Waals surface area (Å²) >= 11 is 0. The number of nitrogens with zero attached hydrogens (tertiary/aromatic N) is 2. The molecule has 1 atom stereocenters. The van der Waals surface area contributed by atoms with E-state index in [1.807, 2.05) is 31.0 Å². The first-order valence-corrected chi connectivity index (χ1v) is 5.44. The van der Waals surface area contributed by atoms with Crippen LogP contribution < -0.4 is 5.32 Å². The molecule has 0 saturated carbocycles. The predicted octanol–water partition coefficient (Wildman–Crippen LogP) is 2.04. The van der Waals surface area contributed by atoms with Crippen LogP contribution in [0.1, 0.15) is 22.9 Å². The number of hydrogen-bond acceptors (Lipinski definition) is 2. The van der Waals surface area contributed by atoms with Crippen LogP contribution in [0.2, 0.25) is 0 Å². The van der Waals surface area contributed by atoms with E-state index in [2.05, 4.69) is 41.6 Å². The van der Waals surface area contributed by atoms with Crippen molar-refractivity contribution in [2.75, 3.05) is 7.05 Å².